The van der Waals surface area contributed by atoms with Crippen molar-refractivity contribution in [1.82, 2.24) is 20.0 Å². The third-order valence-corrected chi connectivity index (χ3v) is 9.18. The van der Waals surface area contributed by atoms with Crippen molar-refractivity contribution in [2.24, 2.45) is 0 Å². The lowest BCUT2D eigenvalue weighted by molar-refractivity contribution is 0.0429. The van der Waals surface area contributed by atoms with E-state index in [2.05, 4.69) is 15.1 Å². The highest BCUT2D eigenvalue weighted by atomic mass is 32.2. The molecule has 0 spiro atoms. The second kappa shape index (κ2) is 14.5. The fourth-order valence-electron chi connectivity index (χ4n) is 4.55. The zero-order valence-electron chi connectivity index (χ0n) is 29.7. The Balaban J connectivity index is 1.88. The van der Waals surface area contributed by atoms with Crippen LogP contribution in [0.2, 0.25) is 0 Å². The van der Waals surface area contributed by atoms with Gasteiger partial charge in [0.2, 0.25) is 0 Å². The Morgan fingerprint density at radius 3 is 2.02 bits per heavy atom. The average Bonchev–Trinajstić information content (AvgIpc) is 3.49. The van der Waals surface area contributed by atoms with E-state index in [0.717, 1.165) is 4.90 Å². The summed E-state index contributed by atoms with van der Waals surface area (Å²) in [5, 5.41) is 12.5. The molecule has 3 heterocycles. The summed E-state index contributed by atoms with van der Waals surface area (Å²) in [5.74, 6) is -1.01. The molecule has 1 aromatic carbocycles. The summed E-state index contributed by atoms with van der Waals surface area (Å²) in [7, 11) is -2.25. The Labute approximate surface area is 295 Å². The van der Waals surface area contributed by atoms with Gasteiger partial charge in [0, 0.05) is 43.2 Å². The highest BCUT2D eigenvalue weighted by molar-refractivity contribution is 7.92. The third kappa shape index (κ3) is 9.25. The van der Waals surface area contributed by atoms with Crippen LogP contribution in [-0.4, -0.2) is 75.3 Å². The average molecular weight is 726 g/mol. The number of carbonyl (C=O) groups is 3. The van der Waals surface area contributed by atoms with Gasteiger partial charge in [0.05, 0.1) is 21.4 Å². The number of benzene rings is 1. The van der Waals surface area contributed by atoms with Crippen molar-refractivity contribution in [1.29, 1.82) is 0 Å². The summed E-state index contributed by atoms with van der Waals surface area (Å²) in [4.78, 5) is 48.8. The number of hydrogen-bond donors (Lipinski definition) is 1. The lowest BCUT2D eigenvalue weighted by Gasteiger charge is -2.28. The number of sulfone groups is 1. The quantitative estimate of drug-likeness (QED) is 0.188. The first kappa shape index (κ1) is 38.4. The zero-order chi connectivity index (χ0) is 38.1. The van der Waals surface area contributed by atoms with Crippen LogP contribution in [0, 0.1) is 5.82 Å². The summed E-state index contributed by atoms with van der Waals surface area (Å²) in [5.41, 5.74) is -0.920. The summed E-state index contributed by atoms with van der Waals surface area (Å²) in [6, 6.07) is 9.90. The number of anilines is 1. The lowest BCUT2D eigenvalue weighted by Crippen LogP contribution is -2.44. The third-order valence-electron chi connectivity index (χ3n) is 7.04. The van der Waals surface area contributed by atoms with Gasteiger partial charge in [-0.2, -0.15) is 4.90 Å². The fourth-order valence-corrected chi connectivity index (χ4v) is 5.55. The molecule has 4 aromatic rings. The maximum absolute atomic E-state index is 15.3. The number of nitrogens with zero attached hydrogens (tertiary/aromatic N) is 5. The lowest BCUT2D eigenvalue weighted by atomic mass is 10.0. The smallest absolute Gasteiger partial charge is 0.425 e. The Morgan fingerprint density at radius 2 is 1.51 bits per heavy atom. The minimum atomic E-state index is -3.60. The van der Waals surface area contributed by atoms with Crippen molar-refractivity contribution in [2.75, 3.05) is 11.9 Å². The summed E-state index contributed by atoms with van der Waals surface area (Å²) >= 11 is 0. The van der Waals surface area contributed by atoms with Crippen LogP contribution >= 0.6 is 0 Å². The Hall–Kier alpha value is -5.38. The Bertz CT molecular complexity index is 2020. The Kier molecular flexibility index (Phi) is 10.9. The van der Waals surface area contributed by atoms with E-state index in [1.54, 1.807) is 61.5 Å². The van der Waals surface area contributed by atoms with Gasteiger partial charge in [-0.3, -0.25) is 4.98 Å². The first-order valence-electron chi connectivity index (χ1n) is 15.7. The van der Waals surface area contributed by atoms with E-state index in [-0.39, 0.29) is 39.8 Å². The monoisotopic (exact) mass is 725 g/mol. The van der Waals surface area contributed by atoms with E-state index in [0.29, 0.717) is 21.7 Å². The molecule has 0 saturated carbocycles. The molecular weight excluding hydrogens is 685 g/mol. The highest BCUT2D eigenvalue weighted by Gasteiger charge is 2.36. The number of pyridine rings is 2. The summed E-state index contributed by atoms with van der Waals surface area (Å²) < 4.78 is 57.4. The molecule has 0 unspecified atom stereocenters. The van der Waals surface area contributed by atoms with Gasteiger partial charge in [0.15, 0.2) is 21.4 Å². The van der Waals surface area contributed by atoms with E-state index >= 15 is 4.39 Å². The minimum Gasteiger partial charge on any atom is -0.465 e. The van der Waals surface area contributed by atoms with Gasteiger partial charge in [-0.15, -0.1) is 0 Å². The molecule has 0 bridgehead atoms. The molecule has 51 heavy (non-hydrogen) atoms. The van der Waals surface area contributed by atoms with E-state index in [4.69, 9.17) is 19.1 Å². The predicted molar refractivity (Wildman–Crippen MR) is 185 cm³/mol. The van der Waals surface area contributed by atoms with Crippen LogP contribution < -0.4 is 4.90 Å². The molecule has 14 nitrogen and oxygen atoms in total. The van der Waals surface area contributed by atoms with Crippen LogP contribution in [0.1, 0.15) is 61.0 Å². The maximum atomic E-state index is 15.3. The molecule has 0 aliphatic rings. The molecule has 0 fully saturated rings. The van der Waals surface area contributed by atoms with E-state index in [1.165, 1.54) is 55.8 Å². The van der Waals surface area contributed by atoms with Crippen LogP contribution in [0.15, 0.2) is 64.3 Å². The van der Waals surface area contributed by atoms with Crippen molar-refractivity contribution in [2.45, 2.75) is 83.3 Å². The normalized spacial score (nSPS) is 12.1. The number of aromatic nitrogens is 3. The van der Waals surface area contributed by atoms with Gasteiger partial charge in [-0.25, -0.2) is 32.2 Å². The first-order chi connectivity index (χ1) is 23.6. The van der Waals surface area contributed by atoms with Crippen LogP contribution in [0.4, 0.5) is 24.6 Å². The van der Waals surface area contributed by atoms with Crippen molar-refractivity contribution in [3.8, 4) is 33.8 Å². The number of imide groups is 1. The molecule has 3 aromatic heterocycles. The molecule has 0 radical (unpaired) electrons. The number of hydrogen-bond acceptors (Lipinski definition) is 11. The first-order valence-corrected chi connectivity index (χ1v) is 17.3. The highest BCUT2D eigenvalue weighted by Crippen LogP contribution is 2.37. The molecule has 3 amide bonds. The van der Waals surface area contributed by atoms with Gasteiger partial charge in [-0.05, 0) is 91.3 Å². The second-order valence-electron chi connectivity index (χ2n) is 13.9. The van der Waals surface area contributed by atoms with Gasteiger partial charge in [-0.1, -0.05) is 11.2 Å². The van der Waals surface area contributed by atoms with Gasteiger partial charge in [0.1, 0.15) is 22.7 Å². The van der Waals surface area contributed by atoms with Crippen LogP contribution in [0.5, 0.6) is 0 Å². The number of rotatable bonds is 8. The van der Waals surface area contributed by atoms with Crippen molar-refractivity contribution < 1.29 is 46.3 Å². The topological polar surface area (TPSA) is 182 Å². The molecule has 0 atom stereocenters. The van der Waals surface area contributed by atoms with Gasteiger partial charge < -0.3 is 24.0 Å². The zero-order valence-corrected chi connectivity index (χ0v) is 30.5. The second-order valence-corrected chi connectivity index (χ2v) is 16.4. The molecule has 0 saturated heterocycles. The molecule has 4 rings (SSSR count). The molecular formula is C35H40FN5O9S. The van der Waals surface area contributed by atoms with E-state index in [1.807, 2.05) is 0 Å². The molecule has 1 N–H and O–H groups in total. The minimum absolute atomic E-state index is 0.0228. The summed E-state index contributed by atoms with van der Waals surface area (Å²) in [6.07, 6.45) is -0.840. The number of ether oxygens (including phenoxy) is 2. The predicted octanol–water partition coefficient (Wildman–Crippen LogP) is 7.57. The van der Waals surface area contributed by atoms with E-state index in [9.17, 15) is 22.8 Å². The fraction of sp³-hybridized carbons (Fsp3) is 0.371. The Morgan fingerprint density at radius 1 is 0.882 bits per heavy atom. The van der Waals surface area contributed by atoms with Crippen LogP contribution in [0.3, 0.4) is 0 Å². The molecule has 16 heteroatoms. The van der Waals surface area contributed by atoms with Crippen molar-refractivity contribution in [3.63, 3.8) is 0 Å². The van der Waals surface area contributed by atoms with Crippen LogP contribution in [-0.2, 0) is 25.9 Å². The standard InChI is InChI=1S/C35H40FN5O9S/c1-20(2)51(46,47)23-11-13-27(37-18-23)22-15-25(30(38-17-22)41(32(44)48-34(3,4)5)33(45)49-35(6,7)8)29-16-28(39-50-29)24-12-10-21(14-26(24)36)19-40(9)31(42)43/h10-18,20H,19H2,1-9H3,(H,42,43). The van der Waals surface area contributed by atoms with E-state index < -0.39 is 50.4 Å². The van der Waals surface area contributed by atoms with Crippen LogP contribution in [0.25, 0.3) is 33.8 Å². The molecule has 0 aliphatic carbocycles. The largest absolute Gasteiger partial charge is 0.465 e. The van der Waals surface area contributed by atoms with Crippen molar-refractivity contribution >= 4 is 33.9 Å². The molecule has 272 valence electrons. The van der Waals surface area contributed by atoms with Crippen molar-refractivity contribution in [3.05, 3.63) is 66.2 Å². The number of amides is 3. The SMILES string of the molecule is CC(C)S(=O)(=O)c1ccc(-c2cnc(N(C(=O)OC(C)(C)C)C(=O)OC(C)(C)C)c(-c3cc(-c4ccc(CN(C)C(=O)O)cc4F)no3)c2)nc1. The van der Waals surface area contributed by atoms with Gasteiger partial charge in [0.25, 0.3) is 0 Å². The molecule has 0 aliphatic heterocycles. The van der Waals surface area contributed by atoms with Gasteiger partial charge >= 0.3 is 18.3 Å². The number of carboxylic acid groups (broad SMARTS) is 1. The summed E-state index contributed by atoms with van der Waals surface area (Å²) in [6.45, 7) is 12.8. The maximum Gasteiger partial charge on any atom is 0.425 e. The number of halogens is 1. The number of carbonyl (C=O) groups excluding carboxylic acids is 2.